The minimum absolute atomic E-state index is 0.0985. The van der Waals surface area contributed by atoms with E-state index in [1.165, 1.54) is 0 Å². The number of sulfone groups is 1. The number of benzene rings is 1. The maximum absolute atomic E-state index is 10.9. The number of aliphatic hydroxyl groups is 1. The van der Waals surface area contributed by atoms with Gasteiger partial charge < -0.3 is 9.84 Å². The van der Waals surface area contributed by atoms with E-state index in [-0.39, 0.29) is 24.2 Å². The van der Waals surface area contributed by atoms with Crippen LogP contribution >= 0.6 is 0 Å². The van der Waals surface area contributed by atoms with Crippen molar-refractivity contribution in [2.45, 2.75) is 12.5 Å². The average molecular weight is 242 g/mol. The van der Waals surface area contributed by atoms with Gasteiger partial charge in [0.1, 0.15) is 11.9 Å². The summed E-state index contributed by atoms with van der Waals surface area (Å²) in [4.78, 5) is 0. The molecule has 2 rings (SSSR count). The summed E-state index contributed by atoms with van der Waals surface area (Å²) in [6.45, 7) is 0.0985. The van der Waals surface area contributed by atoms with Crippen LogP contribution in [-0.2, 0) is 16.3 Å². The lowest BCUT2D eigenvalue weighted by molar-refractivity contribution is 0.230. The lowest BCUT2D eigenvalue weighted by Gasteiger charge is -2.26. The number of hydrogen-bond acceptors (Lipinski definition) is 4. The SMILES string of the molecule is O=S1(=O)CC(Oc2cccc(CCO)c2)C1. The van der Waals surface area contributed by atoms with Crippen LogP contribution in [0.3, 0.4) is 0 Å². The Morgan fingerprint density at radius 2 is 2.12 bits per heavy atom. The van der Waals surface area contributed by atoms with E-state index in [4.69, 9.17) is 9.84 Å². The van der Waals surface area contributed by atoms with Gasteiger partial charge in [-0.3, -0.25) is 0 Å². The molecule has 1 aromatic carbocycles. The van der Waals surface area contributed by atoms with Gasteiger partial charge in [-0.25, -0.2) is 8.42 Å². The maximum Gasteiger partial charge on any atom is 0.157 e. The molecular formula is C11H14O4S. The molecule has 0 aliphatic carbocycles. The summed E-state index contributed by atoms with van der Waals surface area (Å²) >= 11 is 0. The minimum Gasteiger partial charge on any atom is -0.488 e. The van der Waals surface area contributed by atoms with Crippen LogP contribution in [0, 0.1) is 0 Å². The Balaban J connectivity index is 1.97. The second-order valence-corrected chi connectivity index (χ2v) is 6.09. The fraction of sp³-hybridized carbons (Fsp3) is 0.455. The first-order chi connectivity index (χ1) is 7.59. The van der Waals surface area contributed by atoms with Crippen molar-refractivity contribution in [1.29, 1.82) is 0 Å². The van der Waals surface area contributed by atoms with Crippen LogP contribution in [0.5, 0.6) is 5.75 Å². The molecule has 1 heterocycles. The molecule has 88 valence electrons. The average Bonchev–Trinajstić information content (AvgIpc) is 2.16. The Morgan fingerprint density at radius 3 is 2.75 bits per heavy atom. The molecule has 1 saturated heterocycles. The highest BCUT2D eigenvalue weighted by Crippen LogP contribution is 2.20. The largest absolute Gasteiger partial charge is 0.488 e. The van der Waals surface area contributed by atoms with E-state index in [1.54, 1.807) is 6.07 Å². The molecule has 0 amide bonds. The molecule has 1 aliphatic heterocycles. The van der Waals surface area contributed by atoms with Crippen LogP contribution in [0.25, 0.3) is 0 Å². The third-order valence-electron chi connectivity index (χ3n) is 2.48. The highest BCUT2D eigenvalue weighted by Gasteiger charge is 2.35. The molecule has 5 heteroatoms. The van der Waals surface area contributed by atoms with E-state index in [2.05, 4.69) is 0 Å². The molecule has 0 spiro atoms. The van der Waals surface area contributed by atoms with Crippen molar-refractivity contribution in [3.05, 3.63) is 29.8 Å². The summed E-state index contributed by atoms with van der Waals surface area (Å²) in [5.74, 6) is 0.889. The van der Waals surface area contributed by atoms with Crippen LogP contribution in [-0.4, -0.2) is 37.7 Å². The normalized spacial score (nSPS) is 19.1. The quantitative estimate of drug-likeness (QED) is 0.830. The first-order valence-corrected chi connectivity index (χ1v) is 6.98. The van der Waals surface area contributed by atoms with E-state index in [1.807, 2.05) is 18.2 Å². The zero-order chi connectivity index (χ0) is 11.6. The van der Waals surface area contributed by atoms with Gasteiger partial charge in [0, 0.05) is 6.61 Å². The van der Waals surface area contributed by atoms with Gasteiger partial charge in [0.05, 0.1) is 11.5 Å². The number of hydrogen-bond donors (Lipinski definition) is 1. The van der Waals surface area contributed by atoms with E-state index < -0.39 is 9.84 Å². The molecule has 0 aromatic heterocycles. The van der Waals surface area contributed by atoms with Crippen molar-refractivity contribution in [3.8, 4) is 5.75 Å². The Kier molecular flexibility index (Phi) is 3.16. The molecule has 4 nitrogen and oxygen atoms in total. The molecule has 0 saturated carbocycles. The summed E-state index contributed by atoms with van der Waals surface area (Å²) in [6, 6.07) is 7.38. The van der Waals surface area contributed by atoms with Gasteiger partial charge >= 0.3 is 0 Å². The van der Waals surface area contributed by atoms with Crippen LogP contribution in [0.15, 0.2) is 24.3 Å². The first-order valence-electron chi connectivity index (χ1n) is 5.16. The first kappa shape index (κ1) is 11.4. The molecule has 16 heavy (non-hydrogen) atoms. The predicted molar refractivity (Wildman–Crippen MR) is 60.3 cm³/mol. The third-order valence-corrected chi connectivity index (χ3v) is 4.24. The fourth-order valence-corrected chi connectivity index (χ4v) is 2.85. The second kappa shape index (κ2) is 4.43. The van der Waals surface area contributed by atoms with Gasteiger partial charge in [-0.2, -0.15) is 0 Å². The topological polar surface area (TPSA) is 63.6 Å². The molecule has 0 atom stereocenters. The number of aliphatic hydroxyl groups excluding tert-OH is 1. The molecule has 1 N–H and O–H groups in total. The van der Waals surface area contributed by atoms with E-state index in [0.29, 0.717) is 12.2 Å². The molecule has 0 bridgehead atoms. The minimum atomic E-state index is -2.84. The Labute approximate surface area is 94.8 Å². The van der Waals surface area contributed by atoms with Crippen molar-refractivity contribution in [2.75, 3.05) is 18.1 Å². The zero-order valence-corrected chi connectivity index (χ0v) is 9.61. The van der Waals surface area contributed by atoms with Gasteiger partial charge in [0.15, 0.2) is 9.84 Å². The number of ether oxygens (including phenoxy) is 1. The second-order valence-electron chi connectivity index (χ2n) is 3.94. The van der Waals surface area contributed by atoms with Gasteiger partial charge in [0.2, 0.25) is 0 Å². The molecule has 0 radical (unpaired) electrons. The van der Waals surface area contributed by atoms with Crippen molar-refractivity contribution >= 4 is 9.84 Å². The highest BCUT2D eigenvalue weighted by atomic mass is 32.2. The van der Waals surface area contributed by atoms with E-state index >= 15 is 0 Å². The van der Waals surface area contributed by atoms with Gasteiger partial charge in [-0.05, 0) is 24.1 Å². The Hall–Kier alpha value is -1.07. The van der Waals surface area contributed by atoms with Crippen molar-refractivity contribution < 1.29 is 18.3 Å². The molecule has 1 fully saturated rings. The highest BCUT2D eigenvalue weighted by molar-refractivity contribution is 7.92. The zero-order valence-electron chi connectivity index (χ0n) is 8.80. The molecule has 1 aliphatic rings. The standard InChI is InChI=1S/C11H14O4S/c12-5-4-9-2-1-3-10(6-9)15-11-7-16(13,14)8-11/h1-3,6,11-12H,4-5,7-8H2. The van der Waals surface area contributed by atoms with Crippen molar-refractivity contribution in [1.82, 2.24) is 0 Å². The summed E-state index contributed by atoms with van der Waals surface area (Å²) in [5.41, 5.74) is 0.988. The van der Waals surface area contributed by atoms with Gasteiger partial charge in [0.25, 0.3) is 0 Å². The fourth-order valence-electron chi connectivity index (χ4n) is 1.68. The predicted octanol–water partition coefficient (Wildman–Crippen LogP) is 0.397. The Morgan fingerprint density at radius 1 is 1.38 bits per heavy atom. The maximum atomic E-state index is 10.9. The molecular weight excluding hydrogens is 228 g/mol. The Bertz CT molecular complexity index is 455. The third kappa shape index (κ3) is 2.74. The van der Waals surface area contributed by atoms with Crippen LogP contribution in [0.4, 0.5) is 0 Å². The van der Waals surface area contributed by atoms with Gasteiger partial charge in [-0.15, -0.1) is 0 Å². The lowest BCUT2D eigenvalue weighted by Crippen LogP contribution is -2.45. The van der Waals surface area contributed by atoms with Gasteiger partial charge in [-0.1, -0.05) is 12.1 Å². The smallest absolute Gasteiger partial charge is 0.157 e. The van der Waals surface area contributed by atoms with E-state index in [9.17, 15) is 8.42 Å². The number of rotatable bonds is 4. The summed E-state index contributed by atoms with van der Waals surface area (Å²) in [7, 11) is -2.84. The van der Waals surface area contributed by atoms with Crippen molar-refractivity contribution in [2.24, 2.45) is 0 Å². The van der Waals surface area contributed by atoms with Crippen molar-refractivity contribution in [3.63, 3.8) is 0 Å². The van der Waals surface area contributed by atoms with Crippen LogP contribution < -0.4 is 4.74 Å². The monoisotopic (exact) mass is 242 g/mol. The van der Waals surface area contributed by atoms with Crippen LogP contribution in [0.2, 0.25) is 0 Å². The molecule has 0 unspecified atom stereocenters. The van der Waals surface area contributed by atoms with E-state index in [0.717, 1.165) is 5.56 Å². The summed E-state index contributed by atoms with van der Waals surface area (Å²) in [5, 5.41) is 8.80. The molecule has 1 aromatic rings. The van der Waals surface area contributed by atoms with Crippen LogP contribution in [0.1, 0.15) is 5.56 Å². The summed E-state index contributed by atoms with van der Waals surface area (Å²) in [6.07, 6.45) is 0.370. The lowest BCUT2D eigenvalue weighted by atomic mass is 10.1. The summed E-state index contributed by atoms with van der Waals surface area (Å²) < 4.78 is 27.4.